The van der Waals surface area contributed by atoms with Gasteiger partial charge in [-0.05, 0) is 78.9 Å². The Hall–Kier alpha value is -4.49. The molecule has 0 atom stereocenters. The lowest BCUT2D eigenvalue weighted by atomic mass is 9.70. The minimum absolute atomic E-state index is 0.275. The van der Waals surface area contributed by atoms with Gasteiger partial charge in [0.1, 0.15) is 0 Å². The van der Waals surface area contributed by atoms with Gasteiger partial charge in [-0.25, -0.2) is 0 Å². The number of rotatable bonds is 0. The maximum atomic E-state index is 4.78. The normalized spacial score (nSPS) is 14.8. The highest BCUT2D eigenvalue weighted by Gasteiger charge is 2.51. The summed E-state index contributed by atoms with van der Waals surface area (Å²) in [4.78, 5) is 4.78. The monoisotopic (exact) mass is 455 g/mol. The second kappa shape index (κ2) is 6.38. The summed E-state index contributed by atoms with van der Waals surface area (Å²) in [5, 5.41) is 1.26. The molecule has 1 heterocycles. The standard InChI is InChI=1S/C35H21N/c1-5-13-29-23(9-1)24-10-2-6-14-30(24)35(29)31-15-7-3-11-25(31)28-19-27-21(18-32(28)35)17-22-20-36-33-16-8-4-12-26(33)34(22)27/h1-16,18-20H,17H2. The quantitative estimate of drug-likeness (QED) is 0.225. The summed E-state index contributed by atoms with van der Waals surface area (Å²) in [6.45, 7) is 0. The van der Waals surface area contributed by atoms with Crippen molar-refractivity contribution in [2.75, 3.05) is 0 Å². The molecule has 0 radical (unpaired) electrons. The van der Waals surface area contributed by atoms with Gasteiger partial charge < -0.3 is 0 Å². The zero-order chi connectivity index (χ0) is 23.4. The van der Waals surface area contributed by atoms with Crippen molar-refractivity contribution >= 4 is 10.9 Å². The van der Waals surface area contributed by atoms with Crippen molar-refractivity contribution in [1.82, 2.24) is 4.98 Å². The third-order valence-corrected chi connectivity index (χ3v) is 8.73. The Morgan fingerprint density at radius 3 is 1.78 bits per heavy atom. The fourth-order valence-electron chi connectivity index (χ4n) is 7.40. The van der Waals surface area contributed by atoms with Gasteiger partial charge >= 0.3 is 0 Å². The van der Waals surface area contributed by atoms with Crippen LogP contribution in [0.2, 0.25) is 0 Å². The largest absolute Gasteiger partial charge is 0.256 e. The van der Waals surface area contributed by atoms with E-state index >= 15 is 0 Å². The van der Waals surface area contributed by atoms with Crippen molar-refractivity contribution in [2.45, 2.75) is 11.8 Å². The molecule has 1 heteroatoms. The second-order valence-electron chi connectivity index (χ2n) is 10.3. The highest BCUT2D eigenvalue weighted by Crippen LogP contribution is 2.63. The van der Waals surface area contributed by atoms with Crippen LogP contribution in [0, 0.1) is 0 Å². The zero-order valence-corrected chi connectivity index (χ0v) is 19.6. The van der Waals surface area contributed by atoms with Crippen molar-refractivity contribution in [3.8, 4) is 33.4 Å². The molecular formula is C35H21N. The first-order valence-electron chi connectivity index (χ1n) is 12.7. The molecule has 1 nitrogen and oxygen atoms in total. The van der Waals surface area contributed by atoms with Crippen molar-refractivity contribution in [3.63, 3.8) is 0 Å². The average molecular weight is 456 g/mol. The van der Waals surface area contributed by atoms with E-state index < -0.39 is 0 Å². The number of benzene rings is 5. The van der Waals surface area contributed by atoms with Crippen LogP contribution < -0.4 is 0 Å². The topological polar surface area (TPSA) is 12.9 Å². The third kappa shape index (κ3) is 2.04. The molecule has 0 saturated heterocycles. The highest BCUT2D eigenvalue weighted by atomic mass is 14.7. The second-order valence-corrected chi connectivity index (χ2v) is 10.3. The van der Waals surface area contributed by atoms with Crippen LogP contribution >= 0.6 is 0 Å². The molecule has 0 N–H and O–H groups in total. The molecule has 166 valence electrons. The van der Waals surface area contributed by atoms with Gasteiger partial charge in [-0.2, -0.15) is 0 Å². The van der Waals surface area contributed by atoms with Gasteiger partial charge in [0.05, 0.1) is 10.9 Å². The van der Waals surface area contributed by atoms with Crippen molar-refractivity contribution in [2.24, 2.45) is 0 Å². The maximum absolute atomic E-state index is 4.78. The number of hydrogen-bond donors (Lipinski definition) is 0. The Bertz CT molecular complexity index is 1880. The minimum atomic E-state index is -0.275. The van der Waals surface area contributed by atoms with Gasteiger partial charge in [-0.1, -0.05) is 97.1 Å². The highest BCUT2D eigenvalue weighted by molar-refractivity contribution is 6.02. The predicted octanol–water partition coefficient (Wildman–Crippen LogP) is 8.15. The van der Waals surface area contributed by atoms with Gasteiger partial charge in [0, 0.05) is 18.0 Å². The average Bonchev–Trinajstić information content (AvgIpc) is 3.55. The Balaban J connectivity index is 1.43. The van der Waals surface area contributed by atoms with Crippen molar-refractivity contribution in [1.29, 1.82) is 0 Å². The first-order chi connectivity index (χ1) is 17.9. The van der Waals surface area contributed by atoms with Gasteiger partial charge in [-0.15, -0.1) is 0 Å². The molecular weight excluding hydrogens is 434 g/mol. The lowest BCUT2D eigenvalue weighted by Crippen LogP contribution is -2.26. The van der Waals surface area contributed by atoms with Gasteiger partial charge in [-0.3, -0.25) is 4.98 Å². The van der Waals surface area contributed by atoms with E-state index in [1.54, 1.807) is 0 Å². The summed E-state index contributed by atoms with van der Waals surface area (Å²) < 4.78 is 0. The summed E-state index contributed by atoms with van der Waals surface area (Å²) in [6.07, 6.45) is 3.03. The SMILES string of the molecule is c1ccc2c(c1)-c1ccccc1C21c2ccccc2-c2cc3c(cc21)Cc1cnc2ccccc2c1-3. The van der Waals surface area contributed by atoms with Crippen LogP contribution in [0.5, 0.6) is 0 Å². The van der Waals surface area contributed by atoms with Crippen LogP contribution in [-0.4, -0.2) is 4.98 Å². The smallest absolute Gasteiger partial charge is 0.0725 e. The summed E-state index contributed by atoms with van der Waals surface area (Å²) in [6, 6.07) is 40.7. The predicted molar refractivity (Wildman–Crippen MR) is 146 cm³/mol. The van der Waals surface area contributed by atoms with E-state index in [0.29, 0.717) is 0 Å². The zero-order valence-electron chi connectivity index (χ0n) is 19.6. The van der Waals surface area contributed by atoms with Crippen LogP contribution in [0.1, 0.15) is 33.4 Å². The Labute approximate surface area is 209 Å². The van der Waals surface area contributed by atoms with Crippen LogP contribution in [0.25, 0.3) is 44.3 Å². The van der Waals surface area contributed by atoms with E-state index in [9.17, 15) is 0 Å². The number of nitrogens with zero attached hydrogens (tertiary/aromatic N) is 1. The Morgan fingerprint density at radius 1 is 0.500 bits per heavy atom. The molecule has 3 aliphatic carbocycles. The van der Waals surface area contributed by atoms with Crippen LogP contribution in [-0.2, 0) is 11.8 Å². The Kier molecular flexibility index (Phi) is 3.33. The van der Waals surface area contributed by atoms with Crippen molar-refractivity contribution < 1.29 is 0 Å². The number of aromatic nitrogens is 1. The van der Waals surface area contributed by atoms with E-state index in [-0.39, 0.29) is 5.41 Å². The van der Waals surface area contributed by atoms with Crippen molar-refractivity contribution in [3.05, 3.63) is 149 Å². The molecule has 9 rings (SSSR count). The molecule has 0 fully saturated rings. The third-order valence-electron chi connectivity index (χ3n) is 8.73. The Morgan fingerprint density at radius 2 is 1.08 bits per heavy atom. The van der Waals surface area contributed by atoms with E-state index in [1.165, 1.54) is 72.1 Å². The van der Waals surface area contributed by atoms with E-state index in [4.69, 9.17) is 4.98 Å². The summed E-state index contributed by atoms with van der Waals surface area (Å²) in [5.74, 6) is 0. The molecule has 6 aromatic rings. The molecule has 1 aromatic heterocycles. The first-order valence-corrected chi connectivity index (χ1v) is 12.7. The molecule has 5 aromatic carbocycles. The van der Waals surface area contributed by atoms with Crippen LogP contribution in [0.4, 0.5) is 0 Å². The summed E-state index contributed by atoms with van der Waals surface area (Å²) in [5.41, 5.74) is 17.3. The fraction of sp³-hybridized carbons (Fsp3) is 0.0571. The van der Waals surface area contributed by atoms with Crippen LogP contribution in [0.3, 0.4) is 0 Å². The lowest BCUT2D eigenvalue weighted by molar-refractivity contribution is 0.792. The number of pyridine rings is 1. The van der Waals surface area contributed by atoms with Gasteiger partial charge in [0.15, 0.2) is 0 Å². The first kappa shape index (κ1) is 18.8. The molecule has 3 aliphatic rings. The number of fused-ring (bicyclic) bond motifs is 15. The van der Waals surface area contributed by atoms with E-state index in [0.717, 1.165) is 11.9 Å². The molecule has 0 unspecified atom stereocenters. The number of hydrogen-bond acceptors (Lipinski definition) is 1. The number of para-hydroxylation sites is 1. The molecule has 0 saturated carbocycles. The van der Waals surface area contributed by atoms with Crippen LogP contribution in [0.15, 0.2) is 115 Å². The molecule has 0 bridgehead atoms. The van der Waals surface area contributed by atoms with Gasteiger partial charge in [0.25, 0.3) is 0 Å². The van der Waals surface area contributed by atoms with E-state index in [1.807, 2.05) is 0 Å². The molecule has 1 spiro atoms. The molecule has 0 amide bonds. The minimum Gasteiger partial charge on any atom is -0.256 e. The molecule has 36 heavy (non-hydrogen) atoms. The molecule has 0 aliphatic heterocycles. The maximum Gasteiger partial charge on any atom is 0.0725 e. The summed E-state index contributed by atoms with van der Waals surface area (Å²) >= 11 is 0. The lowest BCUT2D eigenvalue weighted by Gasteiger charge is -2.30. The van der Waals surface area contributed by atoms with Gasteiger partial charge in [0.2, 0.25) is 0 Å². The fourth-order valence-corrected chi connectivity index (χ4v) is 7.40. The van der Waals surface area contributed by atoms with E-state index in [2.05, 4.69) is 115 Å². The summed E-state index contributed by atoms with van der Waals surface area (Å²) in [7, 11) is 0.